The molecule has 0 spiro atoms. The Balaban J connectivity index is 2.27. The topological polar surface area (TPSA) is 46.2 Å². The molecule has 2 unspecified atom stereocenters. The Hall–Kier alpha value is -1.01. The summed E-state index contributed by atoms with van der Waals surface area (Å²) < 4.78 is 54.8. The van der Waals surface area contributed by atoms with E-state index in [9.17, 15) is 12.8 Å². The van der Waals surface area contributed by atoms with Gasteiger partial charge in [0.2, 0.25) is 10.0 Å². The molecular weight excluding hydrogens is 296 g/mol. The molecule has 1 fully saturated rings. The molecule has 1 aromatic rings. The first kappa shape index (κ1) is 16.4. The van der Waals surface area contributed by atoms with Gasteiger partial charge in [-0.15, -0.1) is 0 Å². The molecule has 1 saturated carbocycles. The summed E-state index contributed by atoms with van der Waals surface area (Å²) in [4.78, 5) is 0. The van der Waals surface area contributed by atoms with E-state index in [-0.39, 0.29) is 12.2 Å². The van der Waals surface area contributed by atoms with E-state index in [0.717, 1.165) is 6.42 Å². The molecule has 1 N–H and O–H groups in total. The van der Waals surface area contributed by atoms with Crippen LogP contribution in [0, 0.1) is 5.82 Å². The predicted octanol–water partition coefficient (Wildman–Crippen LogP) is 3.26. The van der Waals surface area contributed by atoms with Crippen LogP contribution in [0.25, 0.3) is 0 Å². The normalized spacial score (nSPS) is 26.7. The molecule has 3 nitrogen and oxygen atoms in total. The van der Waals surface area contributed by atoms with Crippen molar-refractivity contribution in [3.63, 3.8) is 0 Å². The highest BCUT2D eigenvalue weighted by Gasteiger charge is 2.44. The summed E-state index contributed by atoms with van der Waals surface area (Å²) >= 11 is 0. The average molecular weight is 317 g/mol. The van der Waals surface area contributed by atoms with Gasteiger partial charge in [0, 0.05) is 0 Å². The molecule has 0 bridgehead atoms. The second-order valence-corrected chi connectivity index (χ2v) is 7.48. The standard InChI is InChI=1S/C15H21F2NO2S/c1-2-11-21(19,20)18-14-5-3-4-10-15(14,17)12-6-8-13(16)9-7-12/h6-9,14,18H,2-5,10-11H2,1H3. The summed E-state index contributed by atoms with van der Waals surface area (Å²) in [5, 5.41) is 0. The first-order valence-corrected chi connectivity index (χ1v) is 8.97. The van der Waals surface area contributed by atoms with Gasteiger partial charge >= 0.3 is 0 Å². The van der Waals surface area contributed by atoms with Crippen LogP contribution >= 0.6 is 0 Å². The highest BCUT2D eigenvalue weighted by atomic mass is 32.2. The van der Waals surface area contributed by atoms with Gasteiger partial charge in [0.25, 0.3) is 0 Å². The first-order chi connectivity index (χ1) is 9.87. The summed E-state index contributed by atoms with van der Waals surface area (Å²) in [6, 6.07) is 4.45. The van der Waals surface area contributed by atoms with E-state index >= 15 is 4.39 Å². The first-order valence-electron chi connectivity index (χ1n) is 7.32. The Morgan fingerprint density at radius 3 is 2.57 bits per heavy atom. The van der Waals surface area contributed by atoms with Crippen LogP contribution in [0.4, 0.5) is 8.78 Å². The third-order valence-corrected chi connectivity index (χ3v) is 5.54. The number of hydrogen-bond acceptors (Lipinski definition) is 2. The van der Waals surface area contributed by atoms with Crippen molar-refractivity contribution in [1.82, 2.24) is 4.72 Å². The van der Waals surface area contributed by atoms with Crippen molar-refractivity contribution in [1.29, 1.82) is 0 Å². The molecule has 1 aliphatic rings. The van der Waals surface area contributed by atoms with Crippen LogP contribution in [0.3, 0.4) is 0 Å². The highest BCUT2D eigenvalue weighted by Crippen LogP contribution is 2.41. The van der Waals surface area contributed by atoms with Crippen molar-refractivity contribution in [2.45, 2.75) is 50.7 Å². The molecule has 2 atom stereocenters. The van der Waals surface area contributed by atoms with Gasteiger partial charge in [0.05, 0.1) is 11.8 Å². The van der Waals surface area contributed by atoms with Crippen LogP contribution in [0.15, 0.2) is 24.3 Å². The molecular formula is C15H21F2NO2S. The fraction of sp³-hybridized carbons (Fsp3) is 0.600. The monoisotopic (exact) mass is 317 g/mol. The molecule has 0 amide bonds. The summed E-state index contributed by atoms with van der Waals surface area (Å²) in [5.74, 6) is -0.440. The van der Waals surface area contributed by atoms with Crippen molar-refractivity contribution in [2.75, 3.05) is 5.75 Å². The Bertz CT molecular complexity index is 574. The summed E-state index contributed by atoms with van der Waals surface area (Å²) in [5.41, 5.74) is -1.43. The maximum absolute atomic E-state index is 15.4. The quantitative estimate of drug-likeness (QED) is 0.906. The van der Waals surface area contributed by atoms with Gasteiger partial charge in [-0.05, 0) is 43.4 Å². The maximum atomic E-state index is 15.4. The molecule has 6 heteroatoms. The molecule has 118 valence electrons. The van der Waals surface area contributed by atoms with Crippen LogP contribution < -0.4 is 4.72 Å². The molecule has 0 heterocycles. The molecule has 0 radical (unpaired) electrons. The SMILES string of the molecule is CCCS(=O)(=O)NC1CCCCC1(F)c1ccc(F)cc1. The van der Waals surface area contributed by atoms with Crippen LogP contribution in [-0.4, -0.2) is 20.2 Å². The minimum Gasteiger partial charge on any atom is -0.237 e. The smallest absolute Gasteiger partial charge is 0.211 e. The van der Waals surface area contributed by atoms with Crippen molar-refractivity contribution in [3.8, 4) is 0 Å². The van der Waals surface area contributed by atoms with E-state index in [1.807, 2.05) is 0 Å². The summed E-state index contributed by atoms with van der Waals surface area (Å²) in [6.45, 7) is 1.77. The third kappa shape index (κ3) is 3.80. The van der Waals surface area contributed by atoms with Crippen molar-refractivity contribution < 1.29 is 17.2 Å². The van der Waals surface area contributed by atoms with E-state index in [2.05, 4.69) is 4.72 Å². The Morgan fingerprint density at radius 2 is 1.95 bits per heavy atom. The summed E-state index contributed by atoms with van der Waals surface area (Å²) in [6.07, 6.45) is 2.67. The van der Waals surface area contributed by atoms with E-state index in [4.69, 9.17) is 0 Å². The number of halogens is 2. The van der Waals surface area contributed by atoms with Gasteiger partial charge in [-0.3, -0.25) is 0 Å². The zero-order valence-corrected chi connectivity index (χ0v) is 12.9. The lowest BCUT2D eigenvalue weighted by Crippen LogP contribution is -2.50. The second-order valence-electron chi connectivity index (χ2n) is 5.60. The number of alkyl halides is 1. The number of rotatable bonds is 5. The van der Waals surface area contributed by atoms with Gasteiger partial charge in [0.1, 0.15) is 5.82 Å². The van der Waals surface area contributed by atoms with Crippen molar-refractivity contribution >= 4 is 10.0 Å². The van der Waals surface area contributed by atoms with Gasteiger partial charge in [0.15, 0.2) is 5.67 Å². The van der Waals surface area contributed by atoms with E-state index < -0.39 is 27.6 Å². The minimum absolute atomic E-state index is 0.0109. The minimum atomic E-state index is -3.48. The molecule has 2 rings (SSSR count). The average Bonchev–Trinajstić information content (AvgIpc) is 2.42. The third-order valence-electron chi connectivity index (χ3n) is 3.95. The number of sulfonamides is 1. The summed E-state index contributed by atoms with van der Waals surface area (Å²) in [7, 11) is -3.48. The second kappa shape index (κ2) is 6.40. The van der Waals surface area contributed by atoms with Crippen molar-refractivity contribution in [2.24, 2.45) is 0 Å². The Kier molecular flexibility index (Phi) is 4.99. The lowest BCUT2D eigenvalue weighted by atomic mass is 9.77. The van der Waals surface area contributed by atoms with Gasteiger partial charge in [-0.2, -0.15) is 0 Å². The van der Waals surface area contributed by atoms with E-state index in [0.29, 0.717) is 24.8 Å². The molecule has 1 aromatic carbocycles. The lowest BCUT2D eigenvalue weighted by molar-refractivity contribution is 0.0712. The van der Waals surface area contributed by atoms with Crippen molar-refractivity contribution in [3.05, 3.63) is 35.6 Å². The van der Waals surface area contributed by atoms with Crippen LogP contribution in [-0.2, 0) is 15.7 Å². The van der Waals surface area contributed by atoms with Gasteiger partial charge in [-0.1, -0.05) is 25.5 Å². The van der Waals surface area contributed by atoms with Gasteiger partial charge < -0.3 is 0 Å². The highest BCUT2D eigenvalue weighted by molar-refractivity contribution is 7.89. The Morgan fingerprint density at radius 1 is 1.29 bits per heavy atom. The van der Waals surface area contributed by atoms with Crippen LogP contribution in [0.1, 0.15) is 44.6 Å². The zero-order valence-electron chi connectivity index (χ0n) is 12.1. The fourth-order valence-electron chi connectivity index (χ4n) is 2.90. The number of nitrogens with one attached hydrogen (secondary N) is 1. The van der Waals surface area contributed by atoms with E-state index in [1.54, 1.807) is 6.92 Å². The zero-order chi connectivity index (χ0) is 15.5. The van der Waals surface area contributed by atoms with Gasteiger partial charge in [-0.25, -0.2) is 21.9 Å². The molecule has 0 aromatic heterocycles. The van der Waals surface area contributed by atoms with Crippen LogP contribution in [0.2, 0.25) is 0 Å². The van der Waals surface area contributed by atoms with Crippen LogP contribution in [0.5, 0.6) is 0 Å². The van der Waals surface area contributed by atoms with E-state index in [1.165, 1.54) is 24.3 Å². The molecule has 1 aliphatic carbocycles. The fourth-order valence-corrected chi connectivity index (χ4v) is 4.30. The Labute approximate surface area is 124 Å². The number of hydrogen-bond donors (Lipinski definition) is 1. The molecule has 21 heavy (non-hydrogen) atoms. The number of benzene rings is 1. The largest absolute Gasteiger partial charge is 0.237 e. The molecule has 0 saturated heterocycles. The maximum Gasteiger partial charge on any atom is 0.211 e. The predicted molar refractivity (Wildman–Crippen MR) is 78.7 cm³/mol. The lowest BCUT2D eigenvalue weighted by Gasteiger charge is -2.38. The molecule has 0 aliphatic heterocycles.